The fraction of sp³-hybridized carbons (Fsp3) is 0.462. The predicted molar refractivity (Wildman–Crippen MR) is 192 cm³/mol. The van der Waals surface area contributed by atoms with Crippen LogP contribution in [0.3, 0.4) is 0 Å². The van der Waals surface area contributed by atoms with Gasteiger partial charge in [-0.1, -0.05) is 36.4 Å². The second kappa shape index (κ2) is 15.2. The van der Waals surface area contributed by atoms with Gasteiger partial charge in [0.05, 0.1) is 35.9 Å². The Bertz CT molecular complexity index is 1970. The minimum absolute atomic E-state index is 0.00246. The number of pyridine rings is 1. The largest absolute Gasteiger partial charge is 0.373 e. The molecule has 5 heterocycles. The molecule has 7 rings (SSSR count). The van der Waals surface area contributed by atoms with E-state index < -0.39 is 23.8 Å². The number of piperidine rings is 2. The van der Waals surface area contributed by atoms with Crippen LogP contribution in [0.15, 0.2) is 48.7 Å². The quantitative estimate of drug-likeness (QED) is 0.188. The fourth-order valence-corrected chi connectivity index (χ4v) is 7.93. The van der Waals surface area contributed by atoms with Crippen LogP contribution in [-0.2, 0) is 14.3 Å². The van der Waals surface area contributed by atoms with E-state index in [2.05, 4.69) is 55.8 Å². The number of halogens is 3. The van der Waals surface area contributed by atoms with E-state index in [1.807, 2.05) is 13.0 Å². The molecule has 10 nitrogen and oxygen atoms in total. The smallest absolute Gasteiger partial charge is 0.266 e. The Morgan fingerprint density at radius 1 is 1.00 bits per heavy atom. The van der Waals surface area contributed by atoms with Crippen molar-refractivity contribution in [2.75, 3.05) is 49.5 Å². The van der Waals surface area contributed by atoms with E-state index in [4.69, 9.17) is 9.72 Å². The molecule has 274 valence electrons. The molecular weight excluding hydrogens is 671 g/mol. The molecule has 3 atom stereocenters. The number of rotatable bonds is 9. The van der Waals surface area contributed by atoms with Gasteiger partial charge in [0.25, 0.3) is 6.43 Å². The molecule has 3 aliphatic heterocycles. The van der Waals surface area contributed by atoms with Gasteiger partial charge in [-0.05, 0) is 81.8 Å². The van der Waals surface area contributed by atoms with Crippen molar-refractivity contribution in [2.24, 2.45) is 0 Å². The molecule has 2 amide bonds. The molecule has 0 radical (unpaired) electrons. The van der Waals surface area contributed by atoms with Gasteiger partial charge in [-0.25, -0.2) is 18.2 Å². The lowest BCUT2D eigenvalue weighted by Gasteiger charge is -2.39. The summed E-state index contributed by atoms with van der Waals surface area (Å²) in [6.45, 7) is 10.3. The van der Waals surface area contributed by atoms with E-state index in [-0.39, 0.29) is 29.4 Å². The Hall–Kier alpha value is -4.62. The number of ether oxygens (including phenoxy) is 1. The lowest BCUT2D eigenvalue weighted by Crippen LogP contribution is -2.49. The van der Waals surface area contributed by atoms with Crippen LogP contribution >= 0.6 is 0 Å². The van der Waals surface area contributed by atoms with Crippen LogP contribution in [-0.4, -0.2) is 77.3 Å². The van der Waals surface area contributed by atoms with Crippen LogP contribution in [0.1, 0.15) is 90.4 Å². The summed E-state index contributed by atoms with van der Waals surface area (Å²) in [6, 6.07) is 11.7. The van der Waals surface area contributed by atoms with Gasteiger partial charge in [0.2, 0.25) is 11.8 Å². The highest BCUT2D eigenvalue weighted by Gasteiger charge is 2.31. The van der Waals surface area contributed by atoms with Gasteiger partial charge in [-0.2, -0.15) is 5.10 Å². The average Bonchev–Trinajstić information content (AvgIpc) is 3.13. The third kappa shape index (κ3) is 7.47. The summed E-state index contributed by atoms with van der Waals surface area (Å²) >= 11 is 0. The molecule has 2 N–H and O–H groups in total. The molecule has 0 bridgehead atoms. The van der Waals surface area contributed by atoms with E-state index in [0.29, 0.717) is 50.0 Å². The van der Waals surface area contributed by atoms with Crippen LogP contribution in [0.5, 0.6) is 0 Å². The average molecular weight is 716 g/mol. The number of fused-ring (bicyclic) bond motifs is 1. The Labute approximate surface area is 301 Å². The molecule has 2 aromatic heterocycles. The number of hydrogen-bond donors (Lipinski definition) is 2. The topological polar surface area (TPSA) is 113 Å². The number of anilines is 2. The minimum atomic E-state index is -2.91. The zero-order valence-electron chi connectivity index (χ0n) is 29.7. The SMILES string of the molecule is Cc1cc(C2CCC(=O)NC2=O)ccc1C1CCN(C[C@@H]2CN(c3cc4c(N[C@H](C)c5cccc(C(F)F)c5F)nnc(C)c4cn3)CCO2)CC1. The van der Waals surface area contributed by atoms with Gasteiger partial charge in [-0.3, -0.25) is 14.9 Å². The summed E-state index contributed by atoms with van der Waals surface area (Å²) in [7, 11) is 0. The second-order valence-electron chi connectivity index (χ2n) is 14.3. The first-order valence-corrected chi connectivity index (χ1v) is 18.0. The molecule has 3 aliphatic rings. The van der Waals surface area contributed by atoms with E-state index in [1.54, 1.807) is 13.1 Å². The van der Waals surface area contributed by atoms with Crippen LogP contribution in [0.25, 0.3) is 10.8 Å². The standard InChI is InChI=1S/C39H44F3N7O3/c1-22-17-26(30-9-10-35(50)45-39(30)51)7-8-28(22)25-11-13-48(14-12-25)20-27-21-49(15-16-52-27)34-18-32-33(19-43-34)24(3)46-47-38(32)44-23(2)29-5-4-6-31(36(29)40)37(41)42/h4-8,17-19,23,25,27,30,37H,9-16,20-21H2,1-3H3,(H,44,47)(H,45,50,51)/t23-,27-,30?/m1/s1. The van der Waals surface area contributed by atoms with E-state index in [9.17, 15) is 22.8 Å². The number of alkyl halides is 2. The van der Waals surface area contributed by atoms with Crippen LogP contribution < -0.4 is 15.5 Å². The summed E-state index contributed by atoms with van der Waals surface area (Å²) in [6.07, 6.45) is 1.85. The summed E-state index contributed by atoms with van der Waals surface area (Å²) in [5.41, 5.74) is 3.69. The van der Waals surface area contributed by atoms with E-state index >= 15 is 0 Å². The van der Waals surface area contributed by atoms with Crippen molar-refractivity contribution in [3.63, 3.8) is 0 Å². The van der Waals surface area contributed by atoms with Crippen molar-refractivity contribution < 1.29 is 27.5 Å². The Morgan fingerprint density at radius 3 is 2.54 bits per heavy atom. The van der Waals surface area contributed by atoms with Gasteiger partial charge in [0, 0.05) is 48.6 Å². The summed E-state index contributed by atoms with van der Waals surface area (Å²) < 4.78 is 48.0. The lowest BCUT2D eigenvalue weighted by atomic mass is 9.83. The Balaban J connectivity index is 0.986. The van der Waals surface area contributed by atoms with Gasteiger partial charge >= 0.3 is 0 Å². The molecule has 4 aromatic rings. The first kappa shape index (κ1) is 35.8. The summed E-state index contributed by atoms with van der Waals surface area (Å²) in [5.74, 6) is 0.0310. The fourth-order valence-electron chi connectivity index (χ4n) is 7.93. The van der Waals surface area contributed by atoms with E-state index in [1.165, 1.54) is 23.3 Å². The maximum atomic E-state index is 15.0. The summed E-state index contributed by atoms with van der Waals surface area (Å²) in [4.78, 5) is 33.4. The second-order valence-corrected chi connectivity index (χ2v) is 14.3. The maximum Gasteiger partial charge on any atom is 0.266 e. The zero-order chi connectivity index (χ0) is 36.5. The normalized spacial score (nSPS) is 21.1. The molecule has 2 aromatic carbocycles. The number of likely N-dealkylation sites (tertiary alicyclic amines) is 1. The number of nitrogens with one attached hydrogen (secondary N) is 2. The van der Waals surface area contributed by atoms with Crippen LogP contribution in [0.4, 0.5) is 24.8 Å². The van der Waals surface area contributed by atoms with E-state index in [0.717, 1.165) is 60.7 Å². The molecule has 13 heteroatoms. The molecule has 3 fully saturated rings. The van der Waals surface area contributed by atoms with Crippen molar-refractivity contribution in [3.05, 3.63) is 88.0 Å². The first-order valence-electron chi connectivity index (χ1n) is 18.0. The number of aryl methyl sites for hydroxylation is 2. The number of carbonyl (C=O) groups is 2. The van der Waals surface area contributed by atoms with Gasteiger partial charge in [0.15, 0.2) is 5.82 Å². The lowest BCUT2D eigenvalue weighted by molar-refractivity contribution is -0.134. The summed E-state index contributed by atoms with van der Waals surface area (Å²) in [5, 5.41) is 15.9. The van der Waals surface area contributed by atoms with Crippen molar-refractivity contribution in [1.82, 2.24) is 25.4 Å². The number of benzene rings is 2. The molecule has 0 aliphatic carbocycles. The highest BCUT2D eigenvalue weighted by atomic mass is 19.3. The highest BCUT2D eigenvalue weighted by Crippen LogP contribution is 2.35. The molecule has 0 saturated carbocycles. The first-order chi connectivity index (χ1) is 25.0. The van der Waals surface area contributed by atoms with Gasteiger partial charge in [0.1, 0.15) is 11.6 Å². The number of hydrogen-bond acceptors (Lipinski definition) is 9. The number of nitrogens with zero attached hydrogens (tertiary/aromatic N) is 5. The molecule has 1 unspecified atom stereocenters. The highest BCUT2D eigenvalue weighted by molar-refractivity contribution is 6.01. The molecule has 0 spiro atoms. The van der Waals surface area contributed by atoms with Crippen molar-refractivity contribution in [1.29, 1.82) is 0 Å². The number of carbonyl (C=O) groups excluding carboxylic acids is 2. The minimum Gasteiger partial charge on any atom is -0.373 e. The third-order valence-corrected chi connectivity index (χ3v) is 10.8. The predicted octanol–water partition coefficient (Wildman–Crippen LogP) is 6.50. The van der Waals surface area contributed by atoms with Crippen LogP contribution in [0.2, 0.25) is 0 Å². The Kier molecular flexibility index (Phi) is 10.4. The number of imide groups is 1. The number of aromatic nitrogens is 3. The Morgan fingerprint density at radius 2 is 1.79 bits per heavy atom. The van der Waals surface area contributed by atoms with Crippen LogP contribution in [0, 0.1) is 19.7 Å². The maximum absolute atomic E-state index is 15.0. The molecular formula is C39H44F3N7O3. The number of amides is 2. The molecule has 3 saturated heterocycles. The molecule has 52 heavy (non-hydrogen) atoms. The number of morpholine rings is 1. The monoisotopic (exact) mass is 715 g/mol. The van der Waals surface area contributed by atoms with Crippen molar-refractivity contribution in [2.45, 2.75) is 76.9 Å². The zero-order valence-corrected chi connectivity index (χ0v) is 29.7. The van der Waals surface area contributed by atoms with Crippen molar-refractivity contribution >= 4 is 34.2 Å². The van der Waals surface area contributed by atoms with Gasteiger partial charge in [-0.15, -0.1) is 5.10 Å². The third-order valence-electron chi connectivity index (χ3n) is 10.8. The van der Waals surface area contributed by atoms with Gasteiger partial charge < -0.3 is 19.9 Å². The van der Waals surface area contributed by atoms with Crippen molar-refractivity contribution in [3.8, 4) is 0 Å².